The summed E-state index contributed by atoms with van der Waals surface area (Å²) in [7, 11) is 1.74. The Morgan fingerprint density at radius 2 is 2.05 bits per heavy atom. The van der Waals surface area contributed by atoms with Crippen molar-refractivity contribution in [3.63, 3.8) is 0 Å². The molecule has 1 N–H and O–H groups in total. The summed E-state index contributed by atoms with van der Waals surface area (Å²) < 4.78 is 1.68. The highest BCUT2D eigenvalue weighted by Gasteiger charge is 2.42. The maximum atomic E-state index is 12.5. The minimum atomic E-state index is -1.37. The second kappa shape index (κ2) is 5.10. The van der Waals surface area contributed by atoms with Gasteiger partial charge in [-0.05, 0) is 11.6 Å². The molecule has 1 aromatic carbocycles. The lowest BCUT2D eigenvalue weighted by molar-refractivity contribution is -0.146. The van der Waals surface area contributed by atoms with Crippen LogP contribution in [0, 0.1) is 0 Å². The topological polar surface area (TPSA) is 92.5 Å². The van der Waals surface area contributed by atoms with Crippen molar-refractivity contribution in [2.45, 2.75) is 12.5 Å². The zero-order chi connectivity index (χ0) is 15.9. The average Bonchev–Trinajstić information content (AvgIpc) is 2.88. The fourth-order valence-corrected chi connectivity index (χ4v) is 2.56. The number of aliphatic carboxylic acids is 1. The lowest BCUT2D eigenvalue weighted by Crippen LogP contribution is -2.46. The Labute approximate surface area is 125 Å². The van der Waals surface area contributed by atoms with Crippen molar-refractivity contribution in [2.24, 2.45) is 7.05 Å². The van der Waals surface area contributed by atoms with E-state index in [0.29, 0.717) is 5.82 Å². The summed E-state index contributed by atoms with van der Waals surface area (Å²) in [6.07, 6.45) is 3.24. The van der Waals surface area contributed by atoms with Gasteiger partial charge in [0.15, 0.2) is 5.92 Å². The van der Waals surface area contributed by atoms with E-state index in [0.717, 1.165) is 4.90 Å². The van der Waals surface area contributed by atoms with Gasteiger partial charge in [-0.1, -0.05) is 18.2 Å². The summed E-state index contributed by atoms with van der Waals surface area (Å²) in [5.41, 5.74) is 0.477. The van der Waals surface area contributed by atoms with Gasteiger partial charge in [-0.15, -0.1) is 0 Å². The Balaban J connectivity index is 2.06. The van der Waals surface area contributed by atoms with E-state index >= 15 is 0 Å². The van der Waals surface area contributed by atoms with Crippen LogP contribution in [0.3, 0.4) is 0 Å². The molecule has 7 heteroatoms. The van der Waals surface area contributed by atoms with Crippen LogP contribution in [-0.2, 0) is 23.2 Å². The van der Waals surface area contributed by atoms with E-state index in [2.05, 4.69) is 4.98 Å². The van der Waals surface area contributed by atoms with Crippen LogP contribution in [0.5, 0.6) is 0 Å². The number of amides is 2. The van der Waals surface area contributed by atoms with E-state index < -0.39 is 23.7 Å². The molecule has 22 heavy (non-hydrogen) atoms. The molecule has 112 valence electrons. The molecule has 0 saturated heterocycles. The molecule has 1 aromatic heterocycles. The number of hydrogen-bond acceptors (Lipinski definition) is 4. The molecule has 0 radical (unpaired) electrons. The van der Waals surface area contributed by atoms with Crippen molar-refractivity contribution in [2.75, 3.05) is 0 Å². The Hall–Kier alpha value is -2.96. The third-order valence-corrected chi connectivity index (χ3v) is 3.73. The molecule has 2 amide bonds. The van der Waals surface area contributed by atoms with Gasteiger partial charge in [-0.2, -0.15) is 0 Å². The summed E-state index contributed by atoms with van der Waals surface area (Å²) in [5.74, 6) is -3.37. The van der Waals surface area contributed by atoms with Gasteiger partial charge in [-0.3, -0.25) is 19.3 Å². The Morgan fingerprint density at radius 1 is 1.32 bits per heavy atom. The maximum absolute atomic E-state index is 12.5. The van der Waals surface area contributed by atoms with Crippen LogP contribution in [0.4, 0.5) is 0 Å². The number of hydrogen-bond donors (Lipinski definition) is 1. The number of aryl methyl sites for hydroxylation is 1. The molecule has 0 saturated carbocycles. The Kier molecular flexibility index (Phi) is 3.25. The first-order chi connectivity index (χ1) is 10.5. The number of carboxylic acids is 1. The summed E-state index contributed by atoms with van der Waals surface area (Å²) in [5, 5.41) is 9.36. The van der Waals surface area contributed by atoms with E-state index in [1.807, 2.05) is 0 Å². The molecular weight excluding hydrogens is 286 g/mol. The third-order valence-electron chi connectivity index (χ3n) is 3.73. The van der Waals surface area contributed by atoms with Crippen LogP contribution in [0.1, 0.15) is 27.7 Å². The van der Waals surface area contributed by atoms with Gasteiger partial charge in [-0.25, -0.2) is 4.98 Å². The average molecular weight is 299 g/mol. The number of benzene rings is 1. The SMILES string of the molecule is Cn1ccnc1CN1C(=O)c2ccccc2C(C(=O)O)C1=O. The number of carboxylic acid groups (broad SMARTS) is 1. The summed E-state index contributed by atoms with van der Waals surface area (Å²) in [6, 6.07) is 6.29. The van der Waals surface area contributed by atoms with Crippen LogP contribution in [0.25, 0.3) is 0 Å². The fourth-order valence-electron chi connectivity index (χ4n) is 2.56. The lowest BCUT2D eigenvalue weighted by atomic mass is 9.88. The molecule has 1 unspecified atom stereocenters. The predicted molar refractivity (Wildman–Crippen MR) is 74.9 cm³/mol. The number of imide groups is 1. The van der Waals surface area contributed by atoms with Crippen molar-refractivity contribution in [1.82, 2.24) is 14.5 Å². The van der Waals surface area contributed by atoms with Gasteiger partial charge in [0.2, 0.25) is 5.91 Å². The number of imidazole rings is 1. The van der Waals surface area contributed by atoms with Crippen molar-refractivity contribution in [3.05, 3.63) is 53.6 Å². The van der Waals surface area contributed by atoms with Gasteiger partial charge >= 0.3 is 5.97 Å². The number of fused-ring (bicyclic) bond motifs is 1. The van der Waals surface area contributed by atoms with E-state index in [9.17, 15) is 19.5 Å². The quantitative estimate of drug-likeness (QED) is 0.667. The first-order valence-corrected chi connectivity index (χ1v) is 6.64. The highest BCUT2D eigenvalue weighted by atomic mass is 16.4. The number of rotatable bonds is 3. The van der Waals surface area contributed by atoms with E-state index in [-0.39, 0.29) is 17.7 Å². The molecule has 0 fully saturated rings. The van der Waals surface area contributed by atoms with Gasteiger partial charge in [0.05, 0.1) is 6.54 Å². The van der Waals surface area contributed by atoms with Crippen LogP contribution < -0.4 is 0 Å². The van der Waals surface area contributed by atoms with Crippen molar-refractivity contribution >= 4 is 17.8 Å². The molecule has 7 nitrogen and oxygen atoms in total. The minimum absolute atomic E-state index is 0.0563. The molecule has 2 aromatic rings. The van der Waals surface area contributed by atoms with E-state index in [1.165, 1.54) is 12.1 Å². The fraction of sp³-hybridized carbons (Fsp3) is 0.200. The monoisotopic (exact) mass is 299 g/mol. The smallest absolute Gasteiger partial charge is 0.320 e. The minimum Gasteiger partial charge on any atom is -0.480 e. The molecule has 1 aliphatic heterocycles. The van der Waals surface area contributed by atoms with Gasteiger partial charge < -0.3 is 9.67 Å². The number of aromatic nitrogens is 2. The summed E-state index contributed by atoms with van der Waals surface area (Å²) in [6.45, 7) is -0.0563. The number of nitrogens with zero attached hydrogens (tertiary/aromatic N) is 3. The van der Waals surface area contributed by atoms with Crippen molar-refractivity contribution in [1.29, 1.82) is 0 Å². The highest BCUT2D eigenvalue weighted by Crippen LogP contribution is 2.30. The first kappa shape index (κ1) is 14.0. The summed E-state index contributed by atoms with van der Waals surface area (Å²) >= 11 is 0. The predicted octanol–water partition coefficient (Wildman–Crippen LogP) is 0.771. The number of carbonyl (C=O) groups is 3. The molecule has 0 bridgehead atoms. The first-order valence-electron chi connectivity index (χ1n) is 6.64. The Morgan fingerprint density at radius 3 is 2.68 bits per heavy atom. The van der Waals surface area contributed by atoms with E-state index in [1.54, 1.807) is 36.1 Å². The molecule has 2 heterocycles. The molecule has 3 rings (SSSR count). The van der Waals surface area contributed by atoms with Gasteiger partial charge in [0.25, 0.3) is 5.91 Å². The highest BCUT2D eigenvalue weighted by molar-refractivity contribution is 6.17. The molecule has 0 aliphatic carbocycles. The standard InChI is InChI=1S/C15H13N3O4/c1-17-7-6-16-11(17)8-18-13(19)10-5-3-2-4-9(10)12(14(18)20)15(21)22/h2-7,12H,8H2,1H3,(H,21,22). The zero-order valence-corrected chi connectivity index (χ0v) is 11.8. The molecule has 0 spiro atoms. The van der Waals surface area contributed by atoms with E-state index in [4.69, 9.17) is 0 Å². The van der Waals surface area contributed by atoms with Crippen molar-refractivity contribution < 1.29 is 19.5 Å². The number of carbonyl (C=O) groups excluding carboxylic acids is 2. The molecular formula is C15H13N3O4. The largest absolute Gasteiger partial charge is 0.480 e. The molecule has 1 aliphatic rings. The van der Waals surface area contributed by atoms with Gasteiger partial charge in [0.1, 0.15) is 5.82 Å². The zero-order valence-electron chi connectivity index (χ0n) is 11.8. The second-order valence-corrected chi connectivity index (χ2v) is 5.04. The van der Waals surface area contributed by atoms with Crippen LogP contribution in [-0.4, -0.2) is 37.3 Å². The lowest BCUT2D eigenvalue weighted by Gasteiger charge is -2.30. The maximum Gasteiger partial charge on any atom is 0.320 e. The Bertz CT molecular complexity index is 781. The van der Waals surface area contributed by atoms with Crippen LogP contribution in [0.2, 0.25) is 0 Å². The normalized spacial score (nSPS) is 17.5. The third kappa shape index (κ3) is 2.07. The van der Waals surface area contributed by atoms with Crippen LogP contribution in [0.15, 0.2) is 36.7 Å². The van der Waals surface area contributed by atoms with Crippen LogP contribution >= 0.6 is 0 Å². The van der Waals surface area contributed by atoms with Gasteiger partial charge in [0, 0.05) is 25.0 Å². The second-order valence-electron chi connectivity index (χ2n) is 5.04. The van der Waals surface area contributed by atoms with Crippen molar-refractivity contribution in [3.8, 4) is 0 Å². The molecule has 1 atom stereocenters. The summed E-state index contributed by atoms with van der Waals surface area (Å²) in [4.78, 5) is 41.5.